The summed E-state index contributed by atoms with van der Waals surface area (Å²) in [6.45, 7) is 3.75. The summed E-state index contributed by atoms with van der Waals surface area (Å²) >= 11 is 0. The van der Waals surface area contributed by atoms with Crippen LogP contribution in [0.3, 0.4) is 0 Å². The third-order valence-electron chi connectivity index (χ3n) is 2.70. The van der Waals surface area contributed by atoms with Gasteiger partial charge >= 0.3 is 0 Å². The molecule has 1 aliphatic heterocycles. The monoisotopic (exact) mass is 214 g/mol. The summed E-state index contributed by atoms with van der Waals surface area (Å²) in [7, 11) is 3.59. The Morgan fingerprint density at radius 3 is 2.93 bits per heavy atom. The average Bonchev–Trinajstić information content (AvgIpc) is 2.69. The fourth-order valence-corrected chi connectivity index (χ4v) is 1.64. The van der Waals surface area contributed by atoms with Gasteiger partial charge in [0.05, 0.1) is 6.61 Å². The maximum Gasteiger partial charge on any atom is 0.222 e. The van der Waals surface area contributed by atoms with Crippen molar-refractivity contribution < 1.29 is 9.53 Å². The van der Waals surface area contributed by atoms with Crippen LogP contribution in [0.1, 0.15) is 19.3 Å². The Labute approximate surface area is 92.0 Å². The number of carbonyl (C=O) groups excluding carboxylic acids is 1. The molecule has 0 aromatic carbocycles. The minimum Gasteiger partial charge on any atom is -0.381 e. The first-order chi connectivity index (χ1) is 7.20. The van der Waals surface area contributed by atoms with E-state index in [1.807, 2.05) is 0 Å². The Kier molecular flexibility index (Phi) is 5.65. The fourth-order valence-electron chi connectivity index (χ4n) is 1.64. The van der Waals surface area contributed by atoms with Crippen molar-refractivity contribution >= 4 is 5.91 Å². The zero-order valence-corrected chi connectivity index (χ0v) is 9.79. The minimum absolute atomic E-state index is 0.209. The van der Waals surface area contributed by atoms with Gasteiger partial charge in [-0.15, -0.1) is 0 Å². The highest BCUT2D eigenvalue weighted by molar-refractivity contribution is 5.75. The van der Waals surface area contributed by atoms with Gasteiger partial charge < -0.3 is 15.0 Å². The van der Waals surface area contributed by atoms with Crippen LogP contribution in [0, 0.1) is 5.92 Å². The molecule has 4 heteroatoms. The lowest BCUT2D eigenvalue weighted by molar-refractivity contribution is -0.128. The van der Waals surface area contributed by atoms with E-state index < -0.39 is 0 Å². The van der Waals surface area contributed by atoms with E-state index in [0.717, 1.165) is 32.7 Å². The summed E-state index contributed by atoms with van der Waals surface area (Å²) in [5.41, 5.74) is 0. The zero-order valence-electron chi connectivity index (χ0n) is 9.79. The maximum atomic E-state index is 11.2. The van der Waals surface area contributed by atoms with Gasteiger partial charge in [-0.05, 0) is 25.3 Å². The highest BCUT2D eigenvalue weighted by Crippen LogP contribution is 2.10. The summed E-state index contributed by atoms with van der Waals surface area (Å²) in [6.07, 6.45) is 2.73. The average molecular weight is 214 g/mol. The summed E-state index contributed by atoms with van der Waals surface area (Å²) in [5, 5.41) is 3.37. The van der Waals surface area contributed by atoms with Crippen molar-refractivity contribution in [2.24, 2.45) is 5.92 Å². The largest absolute Gasteiger partial charge is 0.381 e. The Morgan fingerprint density at radius 1 is 1.53 bits per heavy atom. The van der Waals surface area contributed by atoms with Gasteiger partial charge in [0, 0.05) is 33.7 Å². The lowest BCUT2D eigenvalue weighted by Crippen LogP contribution is -2.26. The summed E-state index contributed by atoms with van der Waals surface area (Å²) in [6, 6.07) is 0. The Hall–Kier alpha value is -0.610. The van der Waals surface area contributed by atoms with Crippen molar-refractivity contribution in [3.8, 4) is 0 Å². The van der Waals surface area contributed by atoms with Crippen LogP contribution >= 0.6 is 0 Å². The van der Waals surface area contributed by atoms with E-state index in [-0.39, 0.29) is 5.91 Å². The van der Waals surface area contributed by atoms with Crippen LogP contribution in [0.2, 0.25) is 0 Å². The first-order valence-corrected chi connectivity index (χ1v) is 5.68. The predicted molar refractivity (Wildman–Crippen MR) is 59.7 cm³/mol. The quantitative estimate of drug-likeness (QED) is 0.654. The van der Waals surface area contributed by atoms with E-state index in [9.17, 15) is 4.79 Å². The van der Waals surface area contributed by atoms with Gasteiger partial charge in [-0.2, -0.15) is 0 Å². The molecule has 1 amide bonds. The second-order valence-electron chi connectivity index (χ2n) is 4.33. The Bertz CT molecular complexity index is 189. The molecule has 0 radical (unpaired) electrons. The Balaban J connectivity index is 1.90. The minimum atomic E-state index is 0.209. The molecule has 1 N–H and O–H groups in total. The number of carbonyl (C=O) groups is 1. The van der Waals surface area contributed by atoms with Crippen LogP contribution in [0.25, 0.3) is 0 Å². The fraction of sp³-hybridized carbons (Fsp3) is 0.909. The van der Waals surface area contributed by atoms with Crippen molar-refractivity contribution in [3.05, 3.63) is 0 Å². The standard InChI is InChI=1S/C11H22N2O2/c1-13(2)11(14)4-3-6-12-8-10-5-7-15-9-10/h10,12H,3-9H2,1-2H3. The molecular formula is C11H22N2O2. The topological polar surface area (TPSA) is 41.6 Å². The van der Waals surface area contributed by atoms with Crippen LogP contribution in [-0.4, -0.2) is 51.2 Å². The van der Waals surface area contributed by atoms with E-state index >= 15 is 0 Å². The van der Waals surface area contributed by atoms with Crippen molar-refractivity contribution in [3.63, 3.8) is 0 Å². The van der Waals surface area contributed by atoms with Gasteiger partial charge in [-0.3, -0.25) is 4.79 Å². The second kappa shape index (κ2) is 6.80. The SMILES string of the molecule is CN(C)C(=O)CCCNCC1CCOC1. The van der Waals surface area contributed by atoms with Gasteiger partial charge in [0.15, 0.2) is 0 Å². The van der Waals surface area contributed by atoms with E-state index in [1.165, 1.54) is 6.42 Å². The van der Waals surface area contributed by atoms with Crippen molar-refractivity contribution in [2.75, 3.05) is 40.4 Å². The number of ether oxygens (including phenoxy) is 1. The first-order valence-electron chi connectivity index (χ1n) is 5.68. The summed E-state index contributed by atoms with van der Waals surface area (Å²) in [4.78, 5) is 12.9. The van der Waals surface area contributed by atoms with Crippen LogP contribution in [0.5, 0.6) is 0 Å². The first kappa shape index (κ1) is 12.5. The molecule has 0 aromatic heterocycles. The van der Waals surface area contributed by atoms with Crippen LogP contribution in [0.4, 0.5) is 0 Å². The molecule has 0 bridgehead atoms. The number of nitrogens with one attached hydrogen (secondary N) is 1. The molecular weight excluding hydrogens is 192 g/mol. The Morgan fingerprint density at radius 2 is 2.33 bits per heavy atom. The van der Waals surface area contributed by atoms with Crippen LogP contribution < -0.4 is 5.32 Å². The molecule has 1 heterocycles. The number of hydrogen-bond acceptors (Lipinski definition) is 3. The molecule has 1 atom stereocenters. The third-order valence-corrected chi connectivity index (χ3v) is 2.70. The molecule has 1 aliphatic rings. The van der Waals surface area contributed by atoms with E-state index in [4.69, 9.17) is 4.74 Å². The van der Waals surface area contributed by atoms with Gasteiger partial charge in [-0.1, -0.05) is 0 Å². The molecule has 0 aromatic rings. The molecule has 1 saturated heterocycles. The molecule has 15 heavy (non-hydrogen) atoms. The van der Waals surface area contributed by atoms with Gasteiger partial charge in [-0.25, -0.2) is 0 Å². The molecule has 0 spiro atoms. The molecule has 0 saturated carbocycles. The predicted octanol–water partition coefficient (Wildman–Crippen LogP) is 0.481. The van der Waals surface area contributed by atoms with Crippen LogP contribution in [0.15, 0.2) is 0 Å². The molecule has 88 valence electrons. The zero-order chi connectivity index (χ0) is 11.1. The van der Waals surface area contributed by atoms with E-state index in [2.05, 4.69) is 5.32 Å². The molecule has 1 unspecified atom stereocenters. The number of amides is 1. The molecule has 1 fully saturated rings. The van der Waals surface area contributed by atoms with Crippen molar-refractivity contribution in [1.82, 2.24) is 10.2 Å². The van der Waals surface area contributed by atoms with E-state index in [0.29, 0.717) is 12.3 Å². The third kappa shape index (κ3) is 5.14. The normalized spacial score (nSPS) is 20.5. The summed E-state index contributed by atoms with van der Waals surface area (Å²) < 4.78 is 5.28. The molecule has 1 rings (SSSR count). The number of rotatable bonds is 6. The smallest absolute Gasteiger partial charge is 0.222 e. The number of nitrogens with zero attached hydrogens (tertiary/aromatic N) is 1. The van der Waals surface area contributed by atoms with Crippen molar-refractivity contribution in [1.29, 1.82) is 0 Å². The van der Waals surface area contributed by atoms with Gasteiger partial charge in [0.1, 0.15) is 0 Å². The highest BCUT2D eigenvalue weighted by Gasteiger charge is 2.14. The van der Waals surface area contributed by atoms with Crippen LogP contribution in [-0.2, 0) is 9.53 Å². The highest BCUT2D eigenvalue weighted by atomic mass is 16.5. The molecule has 0 aliphatic carbocycles. The lowest BCUT2D eigenvalue weighted by atomic mass is 10.1. The lowest BCUT2D eigenvalue weighted by Gasteiger charge is -2.11. The van der Waals surface area contributed by atoms with Gasteiger partial charge in [0.25, 0.3) is 0 Å². The van der Waals surface area contributed by atoms with Crippen molar-refractivity contribution in [2.45, 2.75) is 19.3 Å². The number of hydrogen-bond donors (Lipinski definition) is 1. The summed E-state index contributed by atoms with van der Waals surface area (Å²) in [5.74, 6) is 0.885. The second-order valence-corrected chi connectivity index (χ2v) is 4.33. The molecule has 4 nitrogen and oxygen atoms in total. The van der Waals surface area contributed by atoms with Gasteiger partial charge in [0.2, 0.25) is 5.91 Å². The maximum absolute atomic E-state index is 11.2. The van der Waals surface area contributed by atoms with E-state index in [1.54, 1.807) is 19.0 Å².